The van der Waals surface area contributed by atoms with E-state index in [0.717, 1.165) is 5.01 Å². The van der Waals surface area contributed by atoms with E-state index in [9.17, 15) is 14.0 Å². The van der Waals surface area contributed by atoms with Gasteiger partial charge in [-0.25, -0.2) is 14.2 Å². The Morgan fingerprint density at radius 2 is 2.20 bits per heavy atom. The van der Waals surface area contributed by atoms with Crippen molar-refractivity contribution in [3.05, 3.63) is 29.6 Å². The van der Waals surface area contributed by atoms with Crippen LogP contribution in [-0.2, 0) is 4.79 Å². The maximum absolute atomic E-state index is 13.4. The van der Waals surface area contributed by atoms with Gasteiger partial charge in [-0.2, -0.15) is 5.10 Å². The summed E-state index contributed by atoms with van der Waals surface area (Å²) in [5, 5.41) is 7.38. The third-order valence-electron chi connectivity index (χ3n) is 3.08. The summed E-state index contributed by atoms with van der Waals surface area (Å²) in [4.78, 5) is 22.7. The van der Waals surface area contributed by atoms with Crippen molar-refractivity contribution in [2.45, 2.75) is 12.8 Å². The number of rotatable bonds is 1. The lowest BCUT2D eigenvalue weighted by Gasteiger charge is -2.11. The highest BCUT2D eigenvalue weighted by Crippen LogP contribution is 2.26. The highest BCUT2D eigenvalue weighted by atomic mass is 19.1. The molecule has 1 saturated heterocycles. The van der Waals surface area contributed by atoms with Crippen LogP contribution in [0.5, 0.6) is 5.75 Å². The molecule has 6 nitrogen and oxygen atoms in total. The lowest BCUT2D eigenvalue weighted by atomic mass is 10.1. The van der Waals surface area contributed by atoms with Crippen molar-refractivity contribution < 1.29 is 18.7 Å². The molecule has 1 fully saturated rings. The van der Waals surface area contributed by atoms with Crippen molar-refractivity contribution in [3.63, 3.8) is 0 Å². The van der Waals surface area contributed by atoms with Crippen molar-refractivity contribution in [2.75, 3.05) is 13.2 Å². The molecule has 3 amide bonds. The zero-order valence-corrected chi connectivity index (χ0v) is 10.6. The first kappa shape index (κ1) is 12.6. The van der Waals surface area contributed by atoms with Crippen LogP contribution in [0, 0.1) is 5.82 Å². The Morgan fingerprint density at radius 3 is 2.95 bits per heavy atom. The summed E-state index contributed by atoms with van der Waals surface area (Å²) in [6.45, 7) is 0.386. The van der Waals surface area contributed by atoms with Gasteiger partial charge in [0.2, 0.25) is 5.91 Å². The van der Waals surface area contributed by atoms with Gasteiger partial charge in [0.15, 0.2) is 0 Å². The van der Waals surface area contributed by atoms with Crippen LogP contribution in [0.4, 0.5) is 9.18 Å². The molecule has 0 bridgehead atoms. The van der Waals surface area contributed by atoms with E-state index in [0.29, 0.717) is 36.5 Å². The van der Waals surface area contributed by atoms with E-state index in [2.05, 4.69) is 10.4 Å². The smallest absolute Gasteiger partial charge is 0.345 e. The van der Waals surface area contributed by atoms with E-state index in [1.165, 1.54) is 12.1 Å². The molecule has 7 heteroatoms. The first-order valence-corrected chi connectivity index (χ1v) is 6.25. The average molecular weight is 277 g/mol. The van der Waals surface area contributed by atoms with Gasteiger partial charge < -0.3 is 4.74 Å². The summed E-state index contributed by atoms with van der Waals surface area (Å²) in [5.41, 5.74) is 1.07. The van der Waals surface area contributed by atoms with Crippen LogP contribution in [0.2, 0.25) is 0 Å². The van der Waals surface area contributed by atoms with Crippen LogP contribution in [-0.4, -0.2) is 35.8 Å². The number of fused-ring (bicyclic) bond motifs is 1. The van der Waals surface area contributed by atoms with Crippen LogP contribution in [0.25, 0.3) is 0 Å². The molecule has 2 aliphatic rings. The molecule has 0 unspecified atom stereocenters. The van der Waals surface area contributed by atoms with Crippen LogP contribution in [0.15, 0.2) is 23.3 Å². The Balaban J connectivity index is 1.99. The number of hydrazone groups is 1. The Morgan fingerprint density at radius 1 is 1.35 bits per heavy atom. The minimum atomic E-state index is -0.564. The summed E-state index contributed by atoms with van der Waals surface area (Å²) < 4.78 is 18.9. The van der Waals surface area contributed by atoms with Crippen molar-refractivity contribution >= 4 is 17.6 Å². The second kappa shape index (κ2) is 4.92. The van der Waals surface area contributed by atoms with Crippen LogP contribution < -0.4 is 10.1 Å². The Labute approximate surface area is 114 Å². The fraction of sp³-hybridized carbons (Fsp3) is 0.308. The number of hydrogen-bond donors (Lipinski definition) is 1. The number of benzene rings is 1. The molecule has 0 atom stereocenters. The third kappa shape index (κ3) is 2.34. The molecule has 0 radical (unpaired) electrons. The van der Waals surface area contributed by atoms with Gasteiger partial charge in [0.05, 0.1) is 12.3 Å². The second-order valence-corrected chi connectivity index (χ2v) is 4.55. The molecule has 104 valence electrons. The molecular formula is C13H12FN3O3. The monoisotopic (exact) mass is 277 g/mol. The molecule has 0 aromatic heterocycles. The zero-order chi connectivity index (χ0) is 14.1. The molecule has 3 rings (SSSR count). The fourth-order valence-electron chi connectivity index (χ4n) is 2.17. The molecule has 2 heterocycles. The topological polar surface area (TPSA) is 71.0 Å². The second-order valence-electron chi connectivity index (χ2n) is 4.55. The van der Waals surface area contributed by atoms with Gasteiger partial charge in [-0.15, -0.1) is 0 Å². The number of nitrogens with one attached hydrogen (secondary N) is 1. The van der Waals surface area contributed by atoms with E-state index in [-0.39, 0.29) is 6.54 Å². The number of hydrogen-bond acceptors (Lipinski definition) is 4. The van der Waals surface area contributed by atoms with Gasteiger partial charge in [-0.05, 0) is 31.0 Å². The summed E-state index contributed by atoms with van der Waals surface area (Å²) in [6.07, 6.45) is 1.26. The van der Waals surface area contributed by atoms with E-state index < -0.39 is 17.8 Å². The molecule has 1 aromatic rings. The van der Waals surface area contributed by atoms with Crippen molar-refractivity contribution in [2.24, 2.45) is 5.10 Å². The van der Waals surface area contributed by atoms with E-state index in [1.54, 1.807) is 6.07 Å². The number of ether oxygens (including phenoxy) is 1. The number of halogens is 1. The maximum atomic E-state index is 13.4. The lowest BCUT2D eigenvalue weighted by Crippen LogP contribution is -2.25. The van der Waals surface area contributed by atoms with E-state index >= 15 is 0 Å². The fourth-order valence-corrected chi connectivity index (χ4v) is 2.17. The number of urea groups is 1. The number of carbonyl (C=O) groups is 2. The minimum absolute atomic E-state index is 0.117. The predicted molar refractivity (Wildman–Crippen MR) is 67.9 cm³/mol. The van der Waals surface area contributed by atoms with Gasteiger partial charge in [0, 0.05) is 5.56 Å². The largest absolute Gasteiger partial charge is 0.493 e. The van der Waals surface area contributed by atoms with Crippen molar-refractivity contribution in [1.29, 1.82) is 0 Å². The van der Waals surface area contributed by atoms with Crippen LogP contribution >= 0.6 is 0 Å². The third-order valence-corrected chi connectivity index (χ3v) is 3.08. The number of imide groups is 1. The standard InChI is InChI=1S/C13H12FN3O3/c14-8-3-4-11-9(6-8)10(2-1-5-20-11)16-17-7-12(18)15-13(17)19/h3-4,6H,1-2,5,7H2,(H,15,18,19). The number of carbonyl (C=O) groups excluding carboxylic acids is 2. The first-order valence-electron chi connectivity index (χ1n) is 6.25. The molecule has 20 heavy (non-hydrogen) atoms. The molecular weight excluding hydrogens is 265 g/mol. The maximum Gasteiger partial charge on any atom is 0.345 e. The molecule has 2 aliphatic heterocycles. The van der Waals surface area contributed by atoms with Crippen molar-refractivity contribution in [1.82, 2.24) is 10.3 Å². The van der Waals surface area contributed by atoms with Gasteiger partial charge in [0.1, 0.15) is 18.1 Å². The predicted octanol–water partition coefficient (Wildman–Crippen LogP) is 1.25. The Bertz CT molecular complexity index is 615. The Hall–Kier alpha value is -2.44. The molecule has 1 N–H and O–H groups in total. The van der Waals surface area contributed by atoms with E-state index in [1.807, 2.05) is 0 Å². The SMILES string of the molecule is O=C1CN(N=C2CCCOc3ccc(F)cc32)C(=O)N1. The summed E-state index contributed by atoms with van der Waals surface area (Å²) in [6, 6.07) is 3.62. The molecule has 1 aromatic carbocycles. The summed E-state index contributed by atoms with van der Waals surface area (Å²) in [7, 11) is 0. The lowest BCUT2D eigenvalue weighted by molar-refractivity contribution is -0.118. The Kier molecular flexibility index (Phi) is 3.09. The zero-order valence-electron chi connectivity index (χ0n) is 10.6. The first-order chi connectivity index (χ1) is 9.63. The van der Waals surface area contributed by atoms with Gasteiger partial charge >= 0.3 is 6.03 Å². The quantitative estimate of drug-likeness (QED) is 0.785. The normalized spacial score (nSPS) is 20.4. The minimum Gasteiger partial charge on any atom is -0.493 e. The number of nitrogens with zero attached hydrogens (tertiary/aromatic N) is 2. The van der Waals surface area contributed by atoms with Gasteiger partial charge in [-0.3, -0.25) is 10.1 Å². The highest BCUT2D eigenvalue weighted by Gasteiger charge is 2.28. The van der Waals surface area contributed by atoms with Gasteiger partial charge in [-0.1, -0.05) is 0 Å². The molecule has 0 saturated carbocycles. The molecule has 0 aliphatic carbocycles. The molecule has 0 spiro atoms. The van der Waals surface area contributed by atoms with Gasteiger partial charge in [0.25, 0.3) is 0 Å². The highest BCUT2D eigenvalue weighted by molar-refractivity contribution is 6.06. The summed E-state index contributed by atoms with van der Waals surface area (Å²) >= 11 is 0. The van der Waals surface area contributed by atoms with Crippen molar-refractivity contribution in [3.8, 4) is 5.75 Å². The van der Waals surface area contributed by atoms with Crippen LogP contribution in [0.3, 0.4) is 0 Å². The average Bonchev–Trinajstić information content (AvgIpc) is 2.60. The number of amides is 3. The van der Waals surface area contributed by atoms with Crippen LogP contribution in [0.1, 0.15) is 18.4 Å². The van der Waals surface area contributed by atoms with E-state index in [4.69, 9.17) is 4.74 Å². The summed E-state index contributed by atoms with van der Waals surface area (Å²) in [5.74, 6) is -0.263.